The van der Waals surface area contributed by atoms with Gasteiger partial charge in [-0.25, -0.2) is 0 Å². The van der Waals surface area contributed by atoms with Gasteiger partial charge in [-0.15, -0.1) is 0 Å². The molecule has 0 spiro atoms. The Morgan fingerprint density at radius 2 is 1.47 bits per heavy atom. The number of para-hydroxylation sites is 1. The summed E-state index contributed by atoms with van der Waals surface area (Å²) in [7, 11) is 0. The molecule has 0 aliphatic heterocycles. The molecule has 2 aromatic carbocycles. The van der Waals surface area contributed by atoms with E-state index in [4.69, 9.17) is 4.74 Å². The second-order valence-corrected chi connectivity index (χ2v) is 4.47. The van der Waals surface area contributed by atoms with E-state index in [9.17, 15) is 5.11 Å². The van der Waals surface area contributed by atoms with E-state index in [1.807, 2.05) is 56.3 Å². The minimum atomic E-state index is -0.422. The maximum absolute atomic E-state index is 9.27. The minimum Gasteiger partial charge on any atom is -0.508 e. The molecule has 0 atom stereocenters. The van der Waals surface area contributed by atoms with E-state index in [0.717, 1.165) is 11.3 Å². The molecule has 0 aliphatic carbocycles. The molecule has 0 fully saturated rings. The number of phenols is 1. The molecule has 0 aliphatic rings. The molecular formula is C15H16O2. The lowest BCUT2D eigenvalue weighted by Gasteiger charge is -2.27. The van der Waals surface area contributed by atoms with Crippen LogP contribution < -0.4 is 4.74 Å². The summed E-state index contributed by atoms with van der Waals surface area (Å²) in [6, 6.07) is 16.8. The van der Waals surface area contributed by atoms with Crippen molar-refractivity contribution < 1.29 is 9.84 Å². The quantitative estimate of drug-likeness (QED) is 0.867. The highest BCUT2D eigenvalue weighted by molar-refractivity contribution is 5.31. The molecule has 1 N–H and O–H groups in total. The van der Waals surface area contributed by atoms with Gasteiger partial charge in [-0.3, -0.25) is 0 Å². The second-order valence-electron chi connectivity index (χ2n) is 4.47. The lowest BCUT2D eigenvalue weighted by molar-refractivity contribution is 0.109. The highest BCUT2D eigenvalue weighted by atomic mass is 16.5. The van der Waals surface area contributed by atoms with E-state index in [1.54, 1.807) is 12.1 Å². The van der Waals surface area contributed by atoms with Crippen LogP contribution in [-0.4, -0.2) is 5.11 Å². The first-order chi connectivity index (χ1) is 8.08. The zero-order valence-electron chi connectivity index (χ0n) is 10.1. The van der Waals surface area contributed by atoms with Gasteiger partial charge >= 0.3 is 0 Å². The molecule has 17 heavy (non-hydrogen) atoms. The van der Waals surface area contributed by atoms with Crippen molar-refractivity contribution in [2.24, 2.45) is 0 Å². The van der Waals surface area contributed by atoms with E-state index in [1.165, 1.54) is 0 Å². The van der Waals surface area contributed by atoms with Crippen LogP contribution in [0.4, 0.5) is 0 Å². The Kier molecular flexibility index (Phi) is 3.05. The van der Waals surface area contributed by atoms with Gasteiger partial charge in [0.2, 0.25) is 0 Å². The van der Waals surface area contributed by atoms with Crippen LogP contribution in [0, 0.1) is 0 Å². The van der Waals surface area contributed by atoms with Gasteiger partial charge in [0, 0.05) is 0 Å². The molecule has 0 aromatic heterocycles. The monoisotopic (exact) mass is 228 g/mol. The van der Waals surface area contributed by atoms with Crippen LogP contribution in [0.5, 0.6) is 11.5 Å². The average molecular weight is 228 g/mol. The van der Waals surface area contributed by atoms with Gasteiger partial charge in [-0.05, 0) is 43.7 Å². The van der Waals surface area contributed by atoms with Crippen molar-refractivity contribution in [3.05, 3.63) is 60.2 Å². The number of ether oxygens (including phenoxy) is 1. The average Bonchev–Trinajstić information content (AvgIpc) is 2.30. The topological polar surface area (TPSA) is 29.5 Å². The molecule has 0 bridgehead atoms. The Morgan fingerprint density at radius 3 is 2.06 bits per heavy atom. The molecule has 0 saturated heterocycles. The molecule has 0 unspecified atom stereocenters. The standard InChI is InChI=1S/C15H16O2/c1-15(2,12-8-10-13(16)11-9-12)17-14-6-4-3-5-7-14/h3-11,16H,1-2H3. The van der Waals surface area contributed by atoms with Crippen molar-refractivity contribution in [1.82, 2.24) is 0 Å². The van der Waals surface area contributed by atoms with Gasteiger partial charge in [-0.1, -0.05) is 30.3 Å². The molecule has 0 saturated carbocycles. The predicted molar refractivity (Wildman–Crippen MR) is 68.2 cm³/mol. The number of rotatable bonds is 3. The summed E-state index contributed by atoms with van der Waals surface area (Å²) in [5.41, 5.74) is 0.605. The number of benzene rings is 2. The predicted octanol–water partition coefficient (Wildman–Crippen LogP) is 3.71. The summed E-state index contributed by atoms with van der Waals surface area (Å²) in [6.45, 7) is 4.01. The summed E-state index contributed by atoms with van der Waals surface area (Å²) in [5.74, 6) is 1.11. The third-order valence-electron chi connectivity index (χ3n) is 2.68. The van der Waals surface area contributed by atoms with Crippen molar-refractivity contribution in [3.63, 3.8) is 0 Å². The first kappa shape index (κ1) is 11.5. The maximum Gasteiger partial charge on any atom is 0.128 e. The molecule has 88 valence electrons. The second kappa shape index (κ2) is 4.50. The largest absolute Gasteiger partial charge is 0.508 e. The molecule has 2 aromatic rings. The molecule has 0 radical (unpaired) electrons. The van der Waals surface area contributed by atoms with Crippen molar-refractivity contribution >= 4 is 0 Å². The third-order valence-corrected chi connectivity index (χ3v) is 2.68. The summed E-state index contributed by atoms with van der Waals surface area (Å²) < 4.78 is 5.95. The van der Waals surface area contributed by atoms with Crippen molar-refractivity contribution in [2.75, 3.05) is 0 Å². The highest BCUT2D eigenvalue weighted by Crippen LogP contribution is 2.28. The van der Waals surface area contributed by atoms with Crippen LogP contribution in [0.3, 0.4) is 0 Å². The van der Waals surface area contributed by atoms with Gasteiger partial charge in [-0.2, -0.15) is 0 Å². The summed E-state index contributed by atoms with van der Waals surface area (Å²) in [5, 5.41) is 9.27. The third kappa shape index (κ3) is 2.78. The van der Waals surface area contributed by atoms with Crippen LogP contribution in [0.1, 0.15) is 19.4 Å². The zero-order chi connectivity index (χ0) is 12.3. The van der Waals surface area contributed by atoms with Gasteiger partial charge in [0.25, 0.3) is 0 Å². The number of phenolic OH excluding ortho intramolecular Hbond substituents is 1. The smallest absolute Gasteiger partial charge is 0.128 e. The Labute approximate surface area is 101 Å². The minimum absolute atomic E-state index is 0.268. The molecule has 0 heterocycles. The fourth-order valence-corrected chi connectivity index (χ4v) is 1.70. The molecule has 2 heteroatoms. The van der Waals surface area contributed by atoms with E-state index in [-0.39, 0.29) is 5.75 Å². The molecule has 2 nitrogen and oxygen atoms in total. The maximum atomic E-state index is 9.27. The van der Waals surface area contributed by atoms with Gasteiger partial charge in [0.15, 0.2) is 0 Å². The van der Waals surface area contributed by atoms with Crippen molar-refractivity contribution in [2.45, 2.75) is 19.4 Å². The van der Waals surface area contributed by atoms with Crippen molar-refractivity contribution in [3.8, 4) is 11.5 Å². The number of hydrogen-bond donors (Lipinski definition) is 1. The summed E-state index contributed by atoms with van der Waals surface area (Å²) in [6.07, 6.45) is 0. The molecule has 2 rings (SSSR count). The Hall–Kier alpha value is -1.96. The van der Waals surface area contributed by atoms with E-state index >= 15 is 0 Å². The SMILES string of the molecule is CC(C)(Oc1ccccc1)c1ccc(O)cc1. The Morgan fingerprint density at radius 1 is 0.882 bits per heavy atom. The van der Waals surface area contributed by atoms with Crippen LogP contribution >= 0.6 is 0 Å². The number of hydrogen-bond acceptors (Lipinski definition) is 2. The summed E-state index contributed by atoms with van der Waals surface area (Å²) in [4.78, 5) is 0. The van der Waals surface area contributed by atoms with Gasteiger partial charge < -0.3 is 9.84 Å². The lowest BCUT2D eigenvalue weighted by atomic mass is 9.98. The van der Waals surface area contributed by atoms with E-state index in [0.29, 0.717) is 0 Å². The first-order valence-electron chi connectivity index (χ1n) is 5.61. The fraction of sp³-hybridized carbons (Fsp3) is 0.200. The fourth-order valence-electron chi connectivity index (χ4n) is 1.70. The molecule has 0 amide bonds. The summed E-state index contributed by atoms with van der Waals surface area (Å²) >= 11 is 0. The van der Waals surface area contributed by atoms with Crippen LogP contribution in [0.25, 0.3) is 0 Å². The first-order valence-corrected chi connectivity index (χ1v) is 5.61. The Bertz CT molecular complexity index is 472. The normalized spacial score (nSPS) is 11.2. The molecular weight excluding hydrogens is 212 g/mol. The highest BCUT2D eigenvalue weighted by Gasteiger charge is 2.22. The van der Waals surface area contributed by atoms with Gasteiger partial charge in [0.1, 0.15) is 17.1 Å². The van der Waals surface area contributed by atoms with E-state index in [2.05, 4.69) is 0 Å². The number of aromatic hydroxyl groups is 1. The van der Waals surface area contributed by atoms with Crippen LogP contribution in [-0.2, 0) is 5.60 Å². The van der Waals surface area contributed by atoms with E-state index < -0.39 is 5.60 Å². The Balaban J connectivity index is 2.21. The van der Waals surface area contributed by atoms with Crippen LogP contribution in [0.2, 0.25) is 0 Å². The van der Waals surface area contributed by atoms with Crippen molar-refractivity contribution in [1.29, 1.82) is 0 Å². The van der Waals surface area contributed by atoms with Gasteiger partial charge in [0.05, 0.1) is 0 Å². The zero-order valence-corrected chi connectivity index (χ0v) is 10.1. The van der Waals surface area contributed by atoms with Crippen LogP contribution in [0.15, 0.2) is 54.6 Å². The lowest BCUT2D eigenvalue weighted by Crippen LogP contribution is -2.25.